The van der Waals surface area contributed by atoms with E-state index in [1.807, 2.05) is 47.2 Å². The van der Waals surface area contributed by atoms with Crippen LogP contribution in [0.5, 0.6) is 5.75 Å². The molecule has 0 aromatic heterocycles. The molecule has 4 aromatic carbocycles. The van der Waals surface area contributed by atoms with Crippen molar-refractivity contribution in [2.75, 3.05) is 39.0 Å². The fourth-order valence-corrected chi connectivity index (χ4v) is 7.37. The smallest absolute Gasteiger partial charge is 0.271 e. The summed E-state index contributed by atoms with van der Waals surface area (Å²) in [6.45, 7) is 3.99. The Morgan fingerprint density at radius 3 is 2.09 bits per heavy atom. The lowest BCUT2D eigenvalue weighted by Gasteiger charge is -2.38. The van der Waals surface area contributed by atoms with E-state index < -0.39 is 22.5 Å². The number of benzene rings is 4. The zero-order valence-electron chi connectivity index (χ0n) is 30.6. The minimum atomic E-state index is -3.64. The average Bonchev–Trinajstić information content (AvgIpc) is 3.13. The van der Waals surface area contributed by atoms with Gasteiger partial charge in [0.1, 0.15) is 5.75 Å². The predicted octanol–water partition coefficient (Wildman–Crippen LogP) is 4.04. The van der Waals surface area contributed by atoms with E-state index in [0.29, 0.717) is 31.6 Å². The van der Waals surface area contributed by atoms with Crippen LogP contribution in [0.1, 0.15) is 46.7 Å². The third kappa shape index (κ3) is 13.0. The van der Waals surface area contributed by atoms with E-state index >= 15 is 0 Å². The molecule has 1 saturated heterocycles. The number of amides is 2. The lowest BCUT2D eigenvalue weighted by molar-refractivity contribution is -0.125. The first kappa shape index (κ1) is 39.4. The summed E-state index contributed by atoms with van der Waals surface area (Å²) in [7, 11) is -3.64. The van der Waals surface area contributed by atoms with Gasteiger partial charge in [-0.25, -0.2) is 8.42 Å². The number of ketones is 1. The van der Waals surface area contributed by atoms with Gasteiger partial charge in [0.15, 0.2) is 12.4 Å². The first-order valence-corrected chi connectivity index (χ1v) is 20.1. The Morgan fingerprint density at radius 2 is 1.45 bits per heavy atom. The molecule has 5 rings (SSSR count). The molecule has 2 unspecified atom stereocenters. The van der Waals surface area contributed by atoms with Gasteiger partial charge in [0.05, 0.1) is 12.3 Å². The molecule has 0 aliphatic carbocycles. The number of carbonyl (C=O) groups is 3. The second kappa shape index (κ2) is 19.3. The highest BCUT2D eigenvalue weighted by Crippen LogP contribution is 2.22. The molecule has 10 nitrogen and oxygen atoms in total. The van der Waals surface area contributed by atoms with Crippen LogP contribution in [-0.2, 0) is 56.5 Å². The molecule has 53 heavy (non-hydrogen) atoms. The second-order valence-corrected chi connectivity index (χ2v) is 15.4. The van der Waals surface area contributed by atoms with Crippen LogP contribution in [0.2, 0.25) is 0 Å². The van der Waals surface area contributed by atoms with Gasteiger partial charge in [-0.2, -0.15) is 0 Å². The average molecular weight is 739 g/mol. The molecule has 3 N–H and O–H groups in total. The fourth-order valence-electron chi connectivity index (χ4n) is 6.90. The van der Waals surface area contributed by atoms with Gasteiger partial charge in [-0.05, 0) is 77.6 Å². The maximum atomic E-state index is 14.2. The Kier molecular flexibility index (Phi) is 14.3. The van der Waals surface area contributed by atoms with Crippen molar-refractivity contribution < 1.29 is 27.5 Å². The van der Waals surface area contributed by atoms with E-state index in [-0.39, 0.29) is 23.8 Å². The van der Waals surface area contributed by atoms with E-state index in [2.05, 4.69) is 64.1 Å². The van der Waals surface area contributed by atoms with Gasteiger partial charge < -0.3 is 15.4 Å². The standard InChI is InChI=1S/C42H50N4O6S/c1-31(47)43-23-22-35-13-7-9-15-37(35)28-36-14-8-6-12-34(36)18-21-41(48)40(27-32-10-4-3-5-11-32)46-25-24-44-38(29-46)26-33-16-19-39(20-17-33)52-30-42(49)45-53(2,50)51/h3-17,19-20,38,40,44H,18,21-30H2,1-2H3,(H,43,47)(H,45,49). The van der Waals surface area contributed by atoms with Crippen LogP contribution in [0.15, 0.2) is 103 Å². The summed E-state index contributed by atoms with van der Waals surface area (Å²) in [5, 5.41) is 6.53. The zero-order chi connectivity index (χ0) is 37.6. The largest absolute Gasteiger partial charge is 0.484 e. The Balaban J connectivity index is 1.23. The fraction of sp³-hybridized carbons (Fsp3) is 0.357. The van der Waals surface area contributed by atoms with Gasteiger partial charge in [0.25, 0.3) is 5.91 Å². The number of piperazine rings is 1. The third-order valence-electron chi connectivity index (χ3n) is 9.47. The number of nitrogens with zero attached hydrogens (tertiary/aromatic N) is 1. The first-order chi connectivity index (χ1) is 25.5. The Hall–Kier alpha value is -4.84. The van der Waals surface area contributed by atoms with E-state index in [4.69, 9.17) is 4.74 Å². The second-order valence-electron chi connectivity index (χ2n) is 13.7. The number of carbonyl (C=O) groups excluding carboxylic acids is 3. The Labute approximate surface area is 313 Å². The molecular formula is C42H50N4O6S. The SMILES string of the molecule is CC(=O)NCCc1ccccc1Cc1ccccc1CCC(=O)C(Cc1ccccc1)N1CCNC(Cc2ccc(OCC(=O)NS(C)(=O)=O)cc2)C1. The summed E-state index contributed by atoms with van der Waals surface area (Å²) in [6.07, 6.45) is 4.94. The molecular weight excluding hydrogens is 689 g/mol. The van der Waals surface area contributed by atoms with E-state index in [1.165, 1.54) is 29.2 Å². The first-order valence-electron chi connectivity index (χ1n) is 18.2. The lowest BCUT2D eigenvalue weighted by Crippen LogP contribution is -2.57. The summed E-state index contributed by atoms with van der Waals surface area (Å²) in [5.41, 5.74) is 7.04. The topological polar surface area (TPSA) is 134 Å². The zero-order valence-corrected chi connectivity index (χ0v) is 31.4. The van der Waals surface area contributed by atoms with Crippen molar-refractivity contribution in [1.29, 1.82) is 0 Å². The van der Waals surface area contributed by atoms with Gasteiger partial charge in [-0.15, -0.1) is 0 Å². The number of Topliss-reactive ketones (excluding diaryl/α,β-unsaturated/α-hetero) is 1. The summed E-state index contributed by atoms with van der Waals surface area (Å²) >= 11 is 0. The number of aryl methyl sites for hydroxylation is 1. The molecule has 0 bridgehead atoms. The van der Waals surface area contributed by atoms with Crippen molar-refractivity contribution in [2.24, 2.45) is 0 Å². The number of rotatable bonds is 18. The highest BCUT2D eigenvalue weighted by atomic mass is 32.2. The van der Waals surface area contributed by atoms with Gasteiger partial charge >= 0.3 is 0 Å². The van der Waals surface area contributed by atoms with E-state index in [9.17, 15) is 22.8 Å². The van der Waals surface area contributed by atoms with Crippen molar-refractivity contribution in [3.8, 4) is 5.75 Å². The van der Waals surface area contributed by atoms with Crippen molar-refractivity contribution in [3.05, 3.63) is 137 Å². The predicted molar refractivity (Wildman–Crippen MR) is 207 cm³/mol. The van der Waals surface area contributed by atoms with Crippen molar-refractivity contribution in [1.82, 2.24) is 20.3 Å². The van der Waals surface area contributed by atoms with Crippen LogP contribution in [0.25, 0.3) is 0 Å². The molecule has 280 valence electrons. The van der Waals surface area contributed by atoms with Gasteiger partial charge in [-0.1, -0.05) is 91.0 Å². The number of hydrogen-bond donors (Lipinski definition) is 3. The van der Waals surface area contributed by atoms with Crippen LogP contribution in [0.3, 0.4) is 0 Å². The molecule has 1 aliphatic heterocycles. The molecule has 0 saturated carbocycles. The van der Waals surface area contributed by atoms with Crippen LogP contribution in [0.4, 0.5) is 0 Å². The highest BCUT2D eigenvalue weighted by molar-refractivity contribution is 7.89. The summed E-state index contributed by atoms with van der Waals surface area (Å²) in [4.78, 5) is 39.8. The molecule has 11 heteroatoms. The van der Waals surface area contributed by atoms with Gasteiger partial charge in [0, 0.05) is 45.6 Å². The molecule has 4 aromatic rings. The minimum absolute atomic E-state index is 0.0306. The van der Waals surface area contributed by atoms with E-state index in [0.717, 1.165) is 56.3 Å². The molecule has 2 amide bonds. The van der Waals surface area contributed by atoms with Crippen LogP contribution in [0, 0.1) is 0 Å². The number of hydrogen-bond acceptors (Lipinski definition) is 8. The normalized spacial score (nSPS) is 15.3. The van der Waals surface area contributed by atoms with Crippen LogP contribution >= 0.6 is 0 Å². The molecule has 1 fully saturated rings. The highest BCUT2D eigenvalue weighted by Gasteiger charge is 2.30. The molecule has 0 spiro atoms. The molecule has 0 radical (unpaired) electrons. The van der Waals surface area contributed by atoms with Gasteiger partial charge in [-0.3, -0.25) is 24.0 Å². The summed E-state index contributed by atoms with van der Waals surface area (Å²) in [6, 6.07) is 34.3. The molecule has 2 atom stereocenters. The lowest BCUT2D eigenvalue weighted by atomic mass is 9.91. The van der Waals surface area contributed by atoms with Crippen molar-refractivity contribution >= 4 is 27.6 Å². The third-order valence-corrected chi connectivity index (χ3v) is 10.1. The quantitative estimate of drug-likeness (QED) is 0.139. The van der Waals surface area contributed by atoms with Crippen molar-refractivity contribution in [2.45, 2.75) is 57.5 Å². The van der Waals surface area contributed by atoms with Gasteiger partial charge in [0.2, 0.25) is 15.9 Å². The van der Waals surface area contributed by atoms with Crippen molar-refractivity contribution in [3.63, 3.8) is 0 Å². The van der Waals surface area contributed by atoms with Crippen LogP contribution in [-0.4, -0.2) is 82.0 Å². The number of sulfonamides is 1. The monoisotopic (exact) mass is 738 g/mol. The number of ether oxygens (including phenoxy) is 1. The van der Waals surface area contributed by atoms with Crippen LogP contribution < -0.4 is 20.1 Å². The Morgan fingerprint density at radius 1 is 0.830 bits per heavy atom. The minimum Gasteiger partial charge on any atom is -0.484 e. The molecule has 1 aliphatic rings. The maximum Gasteiger partial charge on any atom is 0.271 e. The van der Waals surface area contributed by atoms with E-state index in [1.54, 1.807) is 12.1 Å². The molecule has 1 heterocycles. The maximum absolute atomic E-state index is 14.2. The summed E-state index contributed by atoms with van der Waals surface area (Å²) in [5.74, 6) is -0.0560. The number of nitrogens with one attached hydrogen (secondary N) is 3. The summed E-state index contributed by atoms with van der Waals surface area (Å²) < 4.78 is 29.9. The Bertz CT molecular complexity index is 1930.